The standard InChI is InChI=1S/C13H17N3O2/c1-8(2)7-14-13(17)11-9(3)15-16-12(11)10-5-4-6-18-10/h4-6,8H,7H2,1-3H3,(H,14,17)(H,15,16). The topological polar surface area (TPSA) is 70.9 Å². The molecule has 0 aliphatic heterocycles. The highest BCUT2D eigenvalue weighted by Gasteiger charge is 2.20. The third kappa shape index (κ3) is 2.45. The number of carbonyl (C=O) groups is 1. The summed E-state index contributed by atoms with van der Waals surface area (Å²) in [6, 6.07) is 3.56. The third-order valence-electron chi connectivity index (χ3n) is 2.60. The summed E-state index contributed by atoms with van der Waals surface area (Å²) in [6.07, 6.45) is 1.56. The lowest BCUT2D eigenvalue weighted by atomic mass is 10.1. The molecule has 18 heavy (non-hydrogen) atoms. The maximum absolute atomic E-state index is 12.1. The lowest BCUT2D eigenvalue weighted by Crippen LogP contribution is -2.28. The number of hydrogen-bond acceptors (Lipinski definition) is 3. The van der Waals surface area contributed by atoms with Gasteiger partial charge in [0.25, 0.3) is 5.91 Å². The zero-order valence-corrected chi connectivity index (χ0v) is 10.8. The van der Waals surface area contributed by atoms with Crippen molar-refractivity contribution in [2.75, 3.05) is 6.54 Å². The highest BCUT2D eigenvalue weighted by Crippen LogP contribution is 2.23. The van der Waals surface area contributed by atoms with Gasteiger partial charge < -0.3 is 9.73 Å². The number of amides is 1. The van der Waals surface area contributed by atoms with Crippen LogP contribution in [0.25, 0.3) is 11.5 Å². The Morgan fingerprint density at radius 1 is 1.56 bits per heavy atom. The number of nitrogens with one attached hydrogen (secondary N) is 2. The summed E-state index contributed by atoms with van der Waals surface area (Å²) in [5.74, 6) is 0.878. The van der Waals surface area contributed by atoms with Gasteiger partial charge in [-0.25, -0.2) is 0 Å². The molecule has 0 aromatic carbocycles. The van der Waals surface area contributed by atoms with Crippen molar-refractivity contribution >= 4 is 5.91 Å². The van der Waals surface area contributed by atoms with Crippen molar-refractivity contribution in [1.82, 2.24) is 15.5 Å². The molecule has 0 spiro atoms. The second-order valence-corrected chi connectivity index (χ2v) is 4.65. The van der Waals surface area contributed by atoms with E-state index in [2.05, 4.69) is 29.4 Å². The van der Waals surface area contributed by atoms with Gasteiger partial charge in [-0.3, -0.25) is 9.89 Å². The second-order valence-electron chi connectivity index (χ2n) is 4.65. The Labute approximate surface area is 106 Å². The van der Waals surface area contributed by atoms with Crippen LogP contribution in [0.2, 0.25) is 0 Å². The molecule has 0 saturated heterocycles. The number of hydrogen-bond donors (Lipinski definition) is 2. The van der Waals surface area contributed by atoms with E-state index in [1.165, 1.54) is 0 Å². The van der Waals surface area contributed by atoms with Crippen LogP contribution in [-0.2, 0) is 0 Å². The molecule has 5 nitrogen and oxygen atoms in total. The number of rotatable bonds is 4. The lowest BCUT2D eigenvalue weighted by molar-refractivity contribution is 0.0949. The SMILES string of the molecule is Cc1[nH]nc(-c2ccco2)c1C(=O)NCC(C)C. The van der Waals surface area contributed by atoms with Crippen molar-refractivity contribution in [2.45, 2.75) is 20.8 Å². The molecule has 2 rings (SSSR count). The van der Waals surface area contributed by atoms with Gasteiger partial charge in [-0.2, -0.15) is 5.10 Å². The van der Waals surface area contributed by atoms with Crippen molar-refractivity contribution in [1.29, 1.82) is 0 Å². The van der Waals surface area contributed by atoms with E-state index in [9.17, 15) is 4.79 Å². The predicted octanol–water partition coefficient (Wildman–Crippen LogP) is 2.36. The molecule has 0 saturated carbocycles. The van der Waals surface area contributed by atoms with Crippen molar-refractivity contribution < 1.29 is 9.21 Å². The average molecular weight is 247 g/mol. The molecule has 0 radical (unpaired) electrons. The number of aryl methyl sites for hydroxylation is 1. The van der Waals surface area contributed by atoms with Crippen LogP contribution in [0.5, 0.6) is 0 Å². The molecule has 0 fully saturated rings. The fourth-order valence-electron chi connectivity index (χ4n) is 1.68. The molecule has 2 heterocycles. The minimum absolute atomic E-state index is 0.124. The fraction of sp³-hybridized carbons (Fsp3) is 0.385. The van der Waals surface area contributed by atoms with Crippen LogP contribution in [0.15, 0.2) is 22.8 Å². The van der Waals surface area contributed by atoms with Gasteiger partial charge in [0, 0.05) is 12.2 Å². The molecule has 0 unspecified atom stereocenters. The average Bonchev–Trinajstić information content (AvgIpc) is 2.94. The van der Waals surface area contributed by atoms with Crippen molar-refractivity contribution in [3.8, 4) is 11.5 Å². The molecule has 2 aromatic rings. The molecule has 0 atom stereocenters. The molecule has 2 N–H and O–H groups in total. The van der Waals surface area contributed by atoms with Gasteiger partial charge in [0.1, 0.15) is 5.69 Å². The Bertz CT molecular complexity index is 526. The Hall–Kier alpha value is -2.04. The van der Waals surface area contributed by atoms with E-state index in [-0.39, 0.29) is 5.91 Å². The summed E-state index contributed by atoms with van der Waals surface area (Å²) < 4.78 is 5.29. The molecule has 5 heteroatoms. The van der Waals surface area contributed by atoms with Gasteiger partial charge in [-0.15, -0.1) is 0 Å². The van der Waals surface area contributed by atoms with Crippen LogP contribution in [-0.4, -0.2) is 22.6 Å². The predicted molar refractivity (Wildman–Crippen MR) is 68.2 cm³/mol. The van der Waals surface area contributed by atoms with Gasteiger partial charge in [0.2, 0.25) is 0 Å². The molecule has 0 aliphatic rings. The van der Waals surface area contributed by atoms with Gasteiger partial charge >= 0.3 is 0 Å². The zero-order chi connectivity index (χ0) is 13.1. The van der Waals surface area contributed by atoms with Crippen LogP contribution in [0.3, 0.4) is 0 Å². The summed E-state index contributed by atoms with van der Waals surface area (Å²) in [5, 5.41) is 9.84. The normalized spacial score (nSPS) is 10.9. The van der Waals surface area contributed by atoms with E-state index in [4.69, 9.17) is 4.42 Å². The van der Waals surface area contributed by atoms with Crippen molar-refractivity contribution in [3.05, 3.63) is 29.7 Å². The molecule has 0 bridgehead atoms. The van der Waals surface area contributed by atoms with Gasteiger partial charge in [-0.05, 0) is 25.0 Å². The van der Waals surface area contributed by atoms with Crippen LogP contribution in [0.4, 0.5) is 0 Å². The number of aromatic nitrogens is 2. The summed E-state index contributed by atoms with van der Waals surface area (Å²) >= 11 is 0. The quantitative estimate of drug-likeness (QED) is 0.871. The van der Waals surface area contributed by atoms with Crippen LogP contribution in [0.1, 0.15) is 29.9 Å². The van der Waals surface area contributed by atoms with Crippen LogP contribution in [0, 0.1) is 12.8 Å². The first kappa shape index (κ1) is 12.4. The summed E-state index contributed by atoms with van der Waals surface area (Å²) in [7, 11) is 0. The van der Waals surface area contributed by atoms with E-state index < -0.39 is 0 Å². The number of furan rings is 1. The van der Waals surface area contributed by atoms with Crippen LogP contribution >= 0.6 is 0 Å². The fourth-order valence-corrected chi connectivity index (χ4v) is 1.68. The maximum Gasteiger partial charge on any atom is 0.255 e. The van der Waals surface area contributed by atoms with Crippen LogP contribution < -0.4 is 5.32 Å². The number of H-pyrrole nitrogens is 1. The third-order valence-corrected chi connectivity index (χ3v) is 2.60. The monoisotopic (exact) mass is 247 g/mol. The first-order valence-corrected chi connectivity index (χ1v) is 5.96. The zero-order valence-electron chi connectivity index (χ0n) is 10.8. The van der Waals surface area contributed by atoms with E-state index in [1.54, 1.807) is 18.4 Å². The molecule has 96 valence electrons. The molecular weight excluding hydrogens is 230 g/mol. The minimum Gasteiger partial charge on any atom is -0.463 e. The Morgan fingerprint density at radius 3 is 2.94 bits per heavy atom. The molecular formula is C13H17N3O2. The highest BCUT2D eigenvalue weighted by atomic mass is 16.3. The van der Waals surface area contributed by atoms with E-state index in [1.807, 2.05) is 6.92 Å². The number of aromatic amines is 1. The number of nitrogens with zero attached hydrogens (tertiary/aromatic N) is 1. The van der Waals surface area contributed by atoms with E-state index in [0.29, 0.717) is 29.5 Å². The summed E-state index contributed by atoms with van der Waals surface area (Å²) in [6.45, 7) is 6.57. The number of carbonyl (C=O) groups excluding carboxylic acids is 1. The lowest BCUT2D eigenvalue weighted by Gasteiger charge is -2.07. The Morgan fingerprint density at radius 2 is 2.33 bits per heavy atom. The van der Waals surface area contributed by atoms with Crippen molar-refractivity contribution in [3.63, 3.8) is 0 Å². The summed E-state index contributed by atoms with van der Waals surface area (Å²) in [5.41, 5.74) is 1.84. The minimum atomic E-state index is -0.124. The van der Waals surface area contributed by atoms with Gasteiger partial charge in [0.05, 0.1) is 11.8 Å². The molecule has 0 aliphatic carbocycles. The Kier molecular flexibility index (Phi) is 3.50. The smallest absolute Gasteiger partial charge is 0.255 e. The highest BCUT2D eigenvalue weighted by molar-refractivity contribution is 6.00. The molecule has 2 aromatic heterocycles. The first-order chi connectivity index (χ1) is 8.59. The van der Waals surface area contributed by atoms with E-state index in [0.717, 1.165) is 5.69 Å². The van der Waals surface area contributed by atoms with Crippen molar-refractivity contribution in [2.24, 2.45) is 5.92 Å². The summed E-state index contributed by atoms with van der Waals surface area (Å²) in [4.78, 5) is 12.1. The Balaban J connectivity index is 2.27. The molecule has 1 amide bonds. The van der Waals surface area contributed by atoms with E-state index >= 15 is 0 Å². The second kappa shape index (κ2) is 5.08. The maximum atomic E-state index is 12.1. The first-order valence-electron chi connectivity index (χ1n) is 5.96. The van der Waals surface area contributed by atoms with Gasteiger partial charge in [-0.1, -0.05) is 13.8 Å². The largest absolute Gasteiger partial charge is 0.463 e. The van der Waals surface area contributed by atoms with Gasteiger partial charge in [0.15, 0.2) is 5.76 Å².